The fourth-order valence-electron chi connectivity index (χ4n) is 8.48. The average molecular weight is 865 g/mol. The fraction of sp³-hybridized carbons (Fsp3) is 0.216. The summed E-state index contributed by atoms with van der Waals surface area (Å²) in [6.45, 7) is -0.696. The Balaban J connectivity index is 1.88. The Morgan fingerprint density at radius 1 is 0.625 bits per heavy atom. The first-order valence-electron chi connectivity index (χ1n) is 20.7. The van der Waals surface area contributed by atoms with E-state index in [0.717, 1.165) is 0 Å². The van der Waals surface area contributed by atoms with Gasteiger partial charge in [-0.2, -0.15) is 0 Å². The summed E-state index contributed by atoms with van der Waals surface area (Å²) in [7, 11) is 0. The molecule has 64 heavy (non-hydrogen) atoms. The molecule has 6 rings (SSSR count). The molecule has 0 aliphatic carbocycles. The maximum atomic E-state index is 16.9. The van der Waals surface area contributed by atoms with Gasteiger partial charge in [0.15, 0.2) is 11.6 Å². The highest BCUT2D eigenvalue weighted by molar-refractivity contribution is 6.08. The Hall–Kier alpha value is -6.84. The Morgan fingerprint density at radius 2 is 1.02 bits per heavy atom. The number of nitrogens with two attached hydrogens (primary N) is 3. The number of nitrogens with zero attached hydrogens (tertiary/aromatic N) is 1. The van der Waals surface area contributed by atoms with Crippen LogP contribution in [0.15, 0.2) is 182 Å². The molecule has 0 saturated heterocycles. The van der Waals surface area contributed by atoms with Gasteiger partial charge in [-0.1, -0.05) is 182 Å². The molecule has 0 saturated carbocycles. The number of imide groups is 1. The molecule has 0 aliphatic heterocycles. The number of esters is 1. The van der Waals surface area contributed by atoms with Crippen LogP contribution in [0.4, 0.5) is 0 Å². The molecule has 0 fully saturated rings. The lowest BCUT2D eigenvalue weighted by Gasteiger charge is -2.55. The molecule has 10 N–H and O–H groups in total. The van der Waals surface area contributed by atoms with Crippen molar-refractivity contribution in [1.82, 2.24) is 4.90 Å². The van der Waals surface area contributed by atoms with Crippen LogP contribution in [0.1, 0.15) is 52.3 Å². The number of primary amides is 1. The standard InChI is InChI=1S/C51H52N4O9/c52-41(33-43(53)58)46(60)55(47(61)51(54,63)45(59)42(57)31-32-56)49(34-35-19-7-1-8-20-35,48(62)64-44(36-21-9-2-10-22-36)37-23-11-3-12-24-37)50(38-25-13-4-14-26-38,39-27-15-5-16-28-39)40-29-17-6-18-30-40/h1-30,41-42,44-45,56-57,59,63H,31-34,52,54H2,(H2,53,58)/t41-,42?,45?,49?,51?/m0/s1. The van der Waals surface area contributed by atoms with Gasteiger partial charge in [0, 0.05) is 13.0 Å². The summed E-state index contributed by atoms with van der Waals surface area (Å²) in [4.78, 5) is 61.4. The minimum atomic E-state index is -3.59. The van der Waals surface area contributed by atoms with Crippen LogP contribution >= 0.6 is 0 Å². The summed E-state index contributed by atoms with van der Waals surface area (Å²) in [6, 6.07) is 49.9. The van der Waals surface area contributed by atoms with Crippen LogP contribution in [0, 0.1) is 0 Å². The van der Waals surface area contributed by atoms with E-state index >= 15 is 14.4 Å². The second-order valence-corrected chi connectivity index (χ2v) is 15.6. The molecule has 0 heterocycles. The van der Waals surface area contributed by atoms with E-state index in [9.17, 15) is 25.2 Å². The Morgan fingerprint density at radius 3 is 1.41 bits per heavy atom. The predicted molar refractivity (Wildman–Crippen MR) is 239 cm³/mol. The number of benzene rings is 6. The molecule has 6 aromatic carbocycles. The largest absolute Gasteiger partial charge is 0.451 e. The molecule has 3 amide bonds. The van der Waals surface area contributed by atoms with Crippen LogP contribution in [0.2, 0.25) is 0 Å². The van der Waals surface area contributed by atoms with Gasteiger partial charge in [0.05, 0.1) is 24.0 Å². The normalized spacial score (nSPS) is 14.9. The topological polar surface area (TPSA) is 240 Å². The molecule has 6 aromatic rings. The molecular formula is C51H52N4O9. The Bertz CT molecular complexity index is 2330. The van der Waals surface area contributed by atoms with Gasteiger partial charge in [-0.05, 0) is 39.8 Å². The van der Waals surface area contributed by atoms with E-state index in [-0.39, 0.29) is 0 Å². The van der Waals surface area contributed by atoms with E-state index in [2.05, 4.69) is 0 Å². The van der Waals surface area contributed by atoms with Gasteiger partial charge in [-0.3, -0.25) is 25.0 Å². The number of hydrogen-bond acceptors (Lipinski definition) is 11. The first-order chi connectivity index (χ1) is 30.8. The highest BCUT2D eigenvalue weighted by Gasteiger charge is 2.69. The van der Waals surface area contributed by atoms with Crippen LogP contribution in [0.3, 0.4) is 0 Å². The lowest BCUT2D eigenvalue weighted by Crippen LogP contribution is -2.78. The quantitative estimate of drug-likeness (QED) is 0.0353. The first kappa shape index (κ1) is 46.7. The molecule has 0 aromatic heterocycles. The van der Waals surface area contributed by atoms with Crippen molar-refractivity contribution in [2.75, 3.05) is 6.61 Å². The minimum absolute atomic E-state index is 0.340. The molecule has 4 unspecified atom stereocenters. The van der Waals surface area contributed by atoms with Crippen molar-refractivity contribution < 1.29 is 44.3 Å². The minimum Gasteiger partial charge on any atom is -0.451 e. The maximum absolute atomic E-state index is 16.9. The fourth-order valence-corrected chi connectivity index (χ4v) is 8.48. The number of aliphatic hydroxyl groups excluding tert-OH is 3. The lowest BCUT2D eigenvalue weighted by molar-refractivity contribution is -0.194. The third-order valence-corrected chi connectivity index (χ3v) is 11.4. The molecule has 13 nitrogen and oxygen atoms in total. The first-order valence-corrected chi connectivity index (χ1v) is 20.7. The van der Waals surface area contributed by atoms with Crippen molar-refractivity contribution in [3.8, 4) is 0 Å². The zero-order valence-electron chi connectivity index (χ0n) is 35.0. The summed E-state index contributed by atoms with van der Waals surface area (Å²) in [5, 5.41) is 44.4. The van der Waals surface area contributed by atoms with Gasteiger partial charge in [-0.25, -0.2) is 4.79 Å². The Labute approximate surface area is 371 Å². The second-order valence-electron chi connectivity index (χ2n) is 15.6. The molecule has 0 radical (unpaired) electrons. The smallest absolute Gasteiger partial charge is 0.335 e. The van der Waals surface area contributed by atoms with Gasteiger partial charge in [0.1, 0.15) is 6.10 Å². The van der Waals surface area contributed by atoms with Gasteiger partial charge >= 0.3 is 5.97 Å². The number of carbonyl (C=O) groups is 4. The van der Waals surface area contributed by atoms with E-state index in [0.29, 0.717) is 38.3 Å². The molecular weight excluding hydrogens is 813 g/mol. The van der Waals surface area contributed by atoms with Crippen molar-refractivity contribution in [3.63, 3.8) is 0 Å². The van der Waals surface area contributed by atoms with E-state index < -0.39 is 90.6 Å². The number of aliphatic hydroxyl groups is 4. The van der Waals surface area contributed by atoms with Gasteiger partial charge < -0.3 is 36.6 Å². The number of rotatable bonds is 19. The van der Waals surface area contributed by atoms with Crippen molar-refractivity contribution in [2.45, 2.75) is 60.3 Å². The van der Waals surface area contributed by atoms with Crippen LogP contribution in [0.5, 0.6) is 0 Å². The zero-order valence-corrected chi connectivity index (χ0v) is 35.0. The molecule has 0 aliphatic rings. The van der Waals surface area contributed by atoms with Crippen molar-refractivity contribution in [3.05, 3.63) is 215 Å². The molecule has 0 bridgehead atoms. The van der Waals surface area contributed by atoms with E-state index in [1.54, 1.807) is 182 Å². The molecule has 330 valence electrons. The monoisotopic (exact) mass is 864 g/mol. The second kappa shape index (κ2) is 20.6. The van der Waals surface area contributed by atoms with Crippen molar-refractivity contribution in [2.24, 2.45) is 17.2 Å². The number of amides is 3. The lowest BCUT2D eigenvalue weighted by atomic mass is 9.55. The van der Waals surface area contributed by atoms with Gasteiger partial charge in [-0.15, -0.1) is 0 Å². The molecule has 13 heteroatoms. The van der Waals surface area contributed by atoms with Crippen LogP contribution in [-0.4, -0.2) is 85.1 Å². The summed E-state index contributed by atoms with van der Waals surface area (Å²) in [5.74, 6) is -5.45. The van der Waals surface area contributed by atoms with Gasteiger partial charge in [0.25, 0.3) is 5.91 Å². The van der Waals surface area contributed by atoms with Crippen molar-refractivity contribution >= 4 is 23.7 Å². The van der Waals surface area contributed by atoms with Crippen molar-refractivity contribution in [1.29, 1.82) is 0 Å². The zero-order chi connectivity index (χ0) is 45.9. The predicted octanol–water partition coefficient (Wildman–Crippen LogP) is 3.64. The highest BCUT2D eigenvalue weighted by atomic mass is 16.5. The number of carbonyl (C=O) groups excluding carboxylic acids is 4. The molecule has 5 atom stereocenters. The van der Waals surface area contributed by atoms with E-state index in [1.165, 1.54) is 0 Å². The van der Waals surface area contributed by atoms with Crippen LogP contribution in [0.25, 0.3) is 0 Å². The van der Waals surface area contributed by atoms with Gasteiger partial charge in [0.2, 0.25) is 17.5 Å². The van der Waals surface area contributed by atoms with Crippen LogP contribution in [-0.2, 0) is 35.8 Å². The molecule has 0 spiro atoms. The van der Waals surface area contributed by atoms with E-state index in [4.69, 9.17) is 21.9 Å². The summed E-state index contributed by atoms with van der Waals surface area (Å²) >= 11 is 0. The van der Waals surface area contributed by atoms with Crippen LogP contribution < -0.4 is 17.2 Å². The number of hydrogen-bond donors (Lipinski definition) is 7. The number of ether oxygens (including phenoxy) is 1. The summed E-state index contributed by atoms with van der Waals surface area (Å²) < 4.78 is 6.85. The summed E-state index contributed by atoms with van der Waals surface area (Å²) in [5.41, 5.74) is 12.6. The highest BCUT2D eigenvalue weighted by Crippen LogP contribution is 2.54. The average Bonchev–Trinajstić information content (AvgIpc) is 3.32. The Kier molecular flexibility index (Phi) is 15.0. The SMILES string of the molecule is NC(=O)C[C@H](N)C(=O)N(C(=O)C(N)(O)C(O)C(O)CCO)C(Cc1ccccc1)(C(=O)OC(c1ccccc1)c1ccccc1)C(c1ccccc1)(c1ccccc1)c1ccccc1. The maximum Gasteiger partial charge on any atom is 0.335 e. The summed E-state index contributed by atoms with van der Waals surface area (Å²) in [6.07, 6.45) is -7.78. The van der Waals surface area contributed by atoms with E-state index in [1.807, 2.05) is 0 Å². The third-order valence-electron chi connectivity index (χ3n) is 11.4. The third kappa shape index (κ3) is 9.26.